The standard InChI is InChI=1S/Al.Co.Cr.O.Y/q+3;+2;+3;-2;+3. The first-order chi connectivity index (χ1) is 0. The van der Waals surface area contributed by atoms with Gasteiger partial charge >= 0.3 is 84.2 Å². The smallest absolute Gasteiger partial charge is 2.00 e. The Balaban J connectivity index is 0. The molecule has 0 unspecified atom stereocenters. The normalized spacial score (nSPS) is 0. The Kier molecular flexibility index (Phi) is 294. The molecule has 2 radical (unpaired) electrons. The zero-order chi connectivity index (χ0) is 0. The average molecular weight is 243 g/mol. The Morgan fingerprint density at radius 1 is 1.00 bits per heavy atom. The van der Waals surface area contributed by atoms with E-state index in [-0.39, 0.29) is 89.7 Å². The van der Waals surface area contributed by atoms with Crippen molar-refractivity contribution < 1.29 is 72.3 Å². The third-order valence-electron chi connectivity index (χ3n) is 0. The summed E-state index contributed by atoms with van der Waals surface area (Å²) in [5, 5.41) is 0. The van der Waals surface area contributed by atoms with Gasteiger partial charge in [-0.15, -0.1) is 0 Å². The Labute approximate surface area is 88.3 Å². The number of hydrogen-bond acceptors (Lipinski definition) is 0. The van der Waals surface area contributed by atoms with Gasteiger partial charge in [0.25, 0.3) is 0 Å². The van der Waals surface area contributed by atoms with Crippen LogP contribution in [0.3, 0.4) is 0 Å². The maximum Gasteiger partial charge on any atom is 3.00 e. The molecule has 0 aromatic carbocycles. The molecule has 0 bridgehead atoms. The molecule has 0 saturated heterocycles. The van der Waals surface area contributed by atoms with Crippen molar-refractivity contribution >= 4 is 17.4 Å². The summed E-state index contributed by atoms with van der Waals surface area (Å²) in [7, 11) is 0. The molecule has 0 aliphatic rings. The van der Waals surface area contributed by atoms with Crippen molar-refractivity contribution in [2.75, 3.05) is 0 Å². The number of rotatable bonds is 0. The van der Waals surface area contributed by atoms with Crippen molar-refractivity contribution in [3.63, 3.8) is 0 Å². The topological polar surface area (TPSA) is 28.5 Å². The van der Waals surface area contributed by atoms with E-state index in [1.165, 1.54) is 0 Å². The van der Waals surface area contributed by atoms with Gasteiger partial charge in [0.05, 0.1) is 0 Å². The van der Waals surface area contributed by atoms with E-state index in [1.54, 1.807) is 0 Å². The fraction of sp³-hybridized carbons (Fsp3) is 0. The predicted molar refractivity (Wildman–Crippen MR) is 6.44 cm³/mol. The van der Waals surface area contributed by atoms with Crippen LogP contribution < -0.4 is 0 Å². The molecule has 0 rings (SSSR count). The van der Waals surface area contributed by atoms with Crippen molar-refractivity contribution in [1.82, 2.24) is 0 Å². The molecule has 1 nitrogen and oxygen atoms in total. The van der Waals surface area contributed by atoms with Gasteiger partial charge in [-0.2, -0.15) is 0 Å². The van der Waals surface area contributed by atoms with E-state index in [9.17, 15) is 0 Å². The molecule has 0 N–H and O–H groups in total. The maximum atomic E-state index is 0. The molecule has 5 heteroatoms. The van der Waals surface area contributed by atoms with Crippen molar-refractivity contribution in [3.05, 3.63) is 0 Å². The summed E-state index contributed by atoms with van der Waals surface area (Å²) in [5.74, 6) is 0. The summed E-state index contributed by atoms with van der Waals surface area (Å²) in [4.78, 5) is 0. The third kappa shape index (κ3) is 20.5. The first-order valence-corrected chi connectivity index (χ1v) is 0. The average Bonchev–Trinajstić information content (AvgIpc) is 0. The van der Waals surface area contributed by atoms with E-state index < -0.39 is 0 Å². The van der Waals surface area contributed by atoms with Crippen molar-refractivity contribution in [1.29, 1.82) is 0 Å². The molecule has 0 saturated carbocycles. The van der Waals surface area contributed by atoms with E-state index in [2.05, 4.69) is 0 Å². The molecule has 18 valence electrons. The summed E-state index contributed by atoms with van der Waals surface area (Å²) in [6, 6.07) is 0. The molecular weight excluding hydrogens is 243 g/mol. The molecule has 0 atom stereocenters. The second-order valence-corrected chi connectivity index (χ2v) is 0. The van der Waals surface area contributed by atoms with Crippen LogP contribution in [0.15, 0.2) is 0 Å². The van der Waals surface area contributed by atoms with Crippen LogP contribution in [0.2, 0.25) is 0 Å². The van der Waals surface area contributed by atoms with Gasteiger partial charge in [-0.05, 0) is 0 Å². The minimum absolute atomic E-state index is 0. The SMILES string of the molecule is [Al+3].[Co+2].[Cr+3].[O-2].[Y+3]. The molecule has 0 spiro atoms. The van der Waals surface area contributed by atoms with Crippen molar-refractivity contribution in [2.45, 2.75) is 0 Å². The van der Waals surface area contributed by atoms with Crippen LogP contribution >= 0.6 is 0 Å². The largest absolute Gasteiger partial charge is 3.00 e. The second-order valence-electron chi connectivity index (χ2n) is 0. The summed E-state index contributed by atoms with van der Waals surface area (Å²) < 4.78 is 0. The van der Waals surface area contributed by atoms with Crippen LogP contribution in [0.4, 0.5) is 0 Å². The van der Waals surface area contributed by atoms with Crippen LogP contribution in [-0.4, -0.2) is 17.4 Å². The monoisotopic (exact) mass is 243 g/mol. The van der Waals surface area contributed by atoms with E-state index >= 15 is 0 Å². The summed E-state index contributed by atoms with van der Waals surface area (Å²) in [6.45, 7) is 0. The Morgan fingerprint density at radius 2 is 1.00 bits per heavy atom. The van der Waals surface area contributed by atoms with E-state index in [1.807, 2.05) is 0 Å². The molecule has 0 aliphatic heterocycles. The third-order valence-corrected chi connectivity index (χ3v) is 0. The zero-order valence-corrected chi connectivity index (χ0v) is 8.61. The fourth-order valence-electron chi connectivity index (χ4n) is 0. The van der Waals surface area contributed by atoms with Crippen molar-refractivity contribution in [2.24, 2.45) is 0 Å². The van der Waals surface area contributed by atoms with Gasteiger partial charge in [0.15, 0.2) is 0 Å². The minimum atomic E-state index is 0. The van der Waals surface area contributed by atoms with Crippen LogP contribution in [0, 0.1) is 0 Å². The summed E-state index contributed by atoms with van der Waals surface area (Å²) in [6.07, 6.45) is 0. The van der Waals surface area contributed by atoms with Crippen LogP contribution in [0.5, 0.6) is 0 Å². The molecule has 0 aliphatic carbocycles. The first-order valence-electron chi connectivity index (χ1n) is 0. The predicted octanol–water partition coefficient (Wildman–Crippen LogP) is -0.507. The van der Waals surface area contributed by atoms with Gasteiger partial charge in [0.2, 0.25) is 0 Å². The van der Waals surface area contributed by atoms with Crippen LogP contribution in [0.1, 0.15) is 0 Å². The fourth-order valence-corrected chi connectivity index (χ4v) is 0. The molecule has 0 fully saturated rings. The van der Waals surface area contributed by atoms with Crippen LogP contribution in [-0.2, 0) is 72.3 Å². The molecule has 0 amide bonds. The zero-order valence-electron chi connectivity index (χ0n) is 2.30. The molecule has 0 heterocycles. The molecule has 0 aromatic rings. The van der Waals surface area contributed by atoms with E-state index in [4.69, 9.17) is 0 Å². The van der Waals surface area contributed by atoms with E-state index in [0.29, 0.717) is 0 Å². The minimum Gasteiger partial charge on any atom is -2.00 e. The van der Waals surface area contributed by atoms with Crippen LogP contribution in [0.25, 0.3) is 0 Å². The molecule has 5 heavy (non-hydrogen) atoms. The van der Waals surface area contributed by atoms with Gasteiger partial charge in [-0.25, -0.2) is 0 Å². The van der Waals surface area contributed by atoms with Gasteiger partial charge in [0, 0.05) is 0 Å². The number of hydrogen-bond donors (Lipinski definition) is 0. The van der Waals surface area contributed by atoms with Crippen molar-refractivity contribution in [3.8, 4) is 0 Å². The Bertz CT molecular complexity index is 11.6. The maximum absolute atomic E-state index is 0. The summed E-state index contributed by atoms with van der Waals surface area (Å²) in [5.41, 5.74) is 0. The Hall–Kier alpha value is 2.64. The summed E-state index contributed by atoms with van der Waals surface area (Å²) >= 11 is 0. The van der Waals surface area contributed by atoms with Gasteiger partial charge in [0.1, 0.15) is 0 Å². The molecule has 0 aromatic heterocycles. The molecular formula is AlCoCrOY+9. The van der Waals surface area contributed by atoms with Gasteiger partial charge in [-0.1, -0.05) is 0 Å². The Morgan fingerprint density at radius 3 is 1.00 bits per heavy atom. The first kappa shape index (κ1) is 48.4. The van der Waals surface area contributed by atoms with E-state index in [0.717, 1.165) is 0 Å². The van der Waals surface area contributed by atoms with Gasteiger partial charge in [-0.3, -0.25) is 0 Å². The van der Waals surface area contributed by atoms with Gasteiger partial charge < -0.3 is 5.48 Å². The second kappa shape index (κ2) is 30.3. The quantitative estimate of drug-likeness (QED) is 0.513.